The van der Waals surface area contributed by atoms with Gasteiger partial charge in [0.25, 0.3) is 5.91 Å². The fraction of sp³-hybridized carbons (Fsp3) is 0.0800. The van der Waals surface area contributed by atoms with Gasteiger partial charge in [0.15, 0.2) is 5.82 Å². The zero-order valence-corrected chi connectivity index (χ0v) is 17.7. The number of carbonyl (C=O) groups is 1. The van der Waals surface area contributed by atoms with Gasteiger partial charge in [-0.2, -0.15) is 0 Å². The molecule has 0 atom stereocenters. The predicted octanol–water partition coefficient (Wildman–Crippen LogP) is 5.05. The van der Waals surface area contributed by atoms with Crippen LogP contribution in [0.25, 0.3) is 0 Å². The Hall–Kier alpha value is -4.39. The minimum atomic E-state index is -0.295. The number of anilines is 3. The number of aromatic amines is 1. The molecule has 0 saturated carbocycles. The molecule has 3 aromatic carbocycles. The Morgan fingerprint density at radius 3 is 2.22 bits per heavy atom. The quantitative estimate of drug-likeness (QED) is 0.257. The lowest BCUT2D eigenvalue weighted by Gasteiger charge is -2.13. The second kappa shape index (κ2) is 10.1. The summed E-state index contributed by atoms with van der Waals surface area (Å²) in [5.41, 5.74) is 4.08. The Balaban J connectivity index is 1.53. The number of aryl methyl sites for hydroxylation is 1. The number of amides is 1. The normalized spacial score (nSPS) is 11.1. The molecule has 32 heavy (non-hydrogen) atoms. The van der Waals surface area contributed by atoms with Crippen LogP contribution in [0.2, 0.25) is 0 Å². The molecule has 0 aliphatic carbocycles. The first-order valence-electron chi connectivity index (χ1n) is 10.3. The van der Waals surface area contributed by atoms with Gasteiger partial charge in [-0.15, -0.1) is 0 Å². The Kier molecular flexibility index (Phi) is 6.57. The van der Waals surface area contributed by atoms with E-state index in [4.69, 9.17) is 0 Å². The molecule has 0 bridgehead atoms. The Morgan fingerprint density at radius 1 is 0.844 bits per heavy atom. The number of aromatic nitrogens is 2. The molecular formula is C25H24N6O. The van der Waals surface area contributed by atoms with Crippen LogP contribution >= 0.6 is 0 Å². The van der Waals surface area contributed by atoms with Crippen molar-refractivity contribution < 1.29 is 4.79 Å². The molecule has 4 aromatic rings. The molecule has 0 spiro atoms. The van der Waals surface area contributed by atoms with Gasteiger partial charge >= 0.3 is 0 Å². The zero-order valence-electron chi connectivity index (χ0n) is 17.7. The van der Waals surface area contributed by atoms with Crippen LogP contribution in [0.5, 0.6) is 0 Å². The molecule has 0 unspecified atom stereocenters. The lowest BCUT2D eigenvalue weighted by atomic mass is 10.2. The number of rotatable bonds is 6. The van der Waals surface area contributed by atoms with Crippen LogP contribution in [0.1, 0.15) is 21.6 Å². The average molecular weight is 425 g/mol. The van der Waals surface area contributed by atoms with Gasteiger partial charge in [0, 0.05) is 11.4 Å². The van der Waals surface area contributed by atoms with Gasteiger partial charge in [-0.3, -0.25) is 4.79 Å². The predicted molar refractivity (Wildman–Crippen MR) is 129 cm³/mol. The number of para-hydroxylation sites is 1. The van der Waals surface area contributed by atoms with E-state index >= 15 is 0 Å². The monoisotopic (exact) mass is 424 g/mol. The van der Waals surface area contributed by atoms with Crippen molar-refractivity contribution in [1.29, 1.82) is 0 Å². The van der Waals surface area contributed by atoms with Crippen molar-refractivity contribution in [3.8, 4) is 0 Å². The molecule has 0 aliphatic heterocycles. The number of hydrogen-bond acceptors (Lipinski definition) is 3. The van der Waals surface area contributed by atoms with Crippen molar-refractivity contribution in [2.24, 2.45) is 4.99 Å². The number of H-pyrrole nitrogens is 1. The van der Waals surface area contributed by atoms with E-state index < -0.39 is 0 Å². The summed E-state index contributed by atoms with van der Waals surface area (Å²) in [6.45, 7) is 2.47. The Labute approximate surface area is 186 Å². The number of carbonyl (C=O) groups excluding carboxylic acids is 1. The lowest BCUT2D eigenvalue weighted by Crippen LogP contribution is -2.24. The van der Waals surface area contributed by atoms with E-state index in [9.17, 15) is 4.79 Å². The molecule has 1 amide bonds. The van der Waals surface area contributed by atoms with Crippen LogP contribution in [0.3, 0.4) is 0 Å². The number of hydrogen-bond donors (Lipinski definition) is 4. The van der Waals surface area contributed by atoms with Gasteiger partial charge in [-0.25, -0.2) is 9.98 Å². The van der Waals surface area contributed by atoms with E-state index in [0.29, 0.717) is 29.7 Å². The number of aliphatic imine (C=N–C) groups is 1. The summed E-state index contributed by atoms with van der Waals surface area (Å²) < 4.78 is 0. The first-order valence-corrected chi connectivity index (χ1v) is 10.3. The fourth-order valence-electron chi connectivity index (χ4n) is 3.03. The molecule has 0 saturated heterocycles. The minimum Gasteiger partial charge on any atom is -0.339 e. The van der Waals surface area contributed by atoms with Crippen molar-refractivity contribution in [2.75, 3.05) is 16.0 Å². The topological polar surface area (TPSA) is 94.2 Å². The van der Waals surface area contributed by atoms with E-state index in [0.717, 1.165) is 16.8 Å². The standard InChI is InChI=1S/C25H24N6O/c1-18-12-14-21(15-13-18)29-24(32)22-23(28-17-27-22)31-25(30-20-10-6-3-7-11-20)26-16-19-8-4-2-5-9-19/h2-15,17H,16H2,1H3,(H,27,28)(H,29,32)(H2,26,30,31). The molecule has 0 fully saturated rings. The maximum Gasteiger partial charge on any atom is 0.275 e. The SMILES string of the molecule is Cc1ccc(NC(=O)c2[nH]cnc2NC(=NCc2ccccc2)Nc2ccccc2)cc1. The summed E-state index contributed by atoms with van der Waals surface area (Å²) in [6, 6.07) is 27.3. The number of nitrogens with one attached hydrogen (secondary N) is 4. The molecule has 0 aliphatic rings. The smallest absolute Gasteiger partial charge is 0.275 e. The van der Waals surface area contributed by atoms with Crippen LogP contribution in [-0.2, 0) is 6.54 Å². The third-order valence-electron chi connectivity index (χ3n) is 4.71. The number of benzene rings is 3. The van der Waals surface area contributed by atoms with Crippen LogP contribution in [0.4, 0.5) is 17.2 Å². The van der Waals surface area contributed by atoms with Gasteiger partial charge < -0.3 is 20.9 Å². The fourth-order valence-corrected chi connectivity index (χ4v) is 3.03. The first-order chi connectivity index (χ1) is 15.7. The maximum absolute atomic E-state index is 12.8. The molecule has 4 N–H and O–H groups in total. The summed E-state index contributed by atoms with van der Waals surface area (Å²) in [5, 5.41) is 9.30. The molecule has 7 heteroatoms. The Morgan fingerprint density at radius 2 is 1.50 bits per heavy atom. The third kappa shape index (κ3) is 5.60. The van der Waals surface area contributed by atoms with E-state index in [1.807, 2.05) is 91.9 Å². The first kappa shape index (κ1) is 20.9. The third-order valence-corrected chi connectivity index (χ3v) is 4.71. The van der Waals surface area contributed by atoms with Crippen LogP contribution < -0.4 is 16.0 Å². The van der Waals surface area contributed by atoms with Crippen molar-refractivity contribution in [3.05, 3.63) is 108 Å². The molecule has 1 heterocycles. The molecule has 4 rings (SSSR count). The highest BCUT2D eigenvalue weighted by molar-refractivity contribution is 6.10. The Bertz CT molecular complexity index is 1180. The molecular weight excluding hydrogens is 400 g/mol. The average Bonchev–Trinajstić information content (AvgIpc) is 3.29. The number of guanidine groups is 1. The van der Waals surface area contributed by atoms with Crippen LogP contribution in [0, 0.1) is 6.92 Å². The number of imidazole rings is 1. The summed E-state index contributed by atoms with van der Waals surface area (Å²) in [6.07, 6.45) is 1.48. The van der Waals surface area contributed by atoms with Crippen molar-refractivity contribution in [1.82, 2.24) is 9.97 Å². The van der Waals surface area contributed by atoms with Gasteiger partial charge in [0.2, 0.25) is 5.96 Å². The molecule has 1 aromatic heterocycles. The van der Waals surface area contributed by atoms with E-state index in [-0.39, 0.29) is 5.91 Å². The minimum absolute atomic E-state index is 0.295. The summed E-state index contributed by atoms with van der Waals surface area (Å²) in [5.74, 6) is 0.567. The van der Waals surface area contributed by atoms with Gasteiger partial charge in [0.1, 0.15) is 5.69 Å². The summed E-state index contributed by atoms with van der Waals surface area (Å²) in [7, 11) is 0. The summed E-state index contributed by atoms with van der Waals surface area (Å²) >= 11 is 0. The van der Waals surface area contributed by atoms with Crippen molar-refractivity contribution in [3.63, 3.8) is 0 Å². The highest BCUT2D eigenvalue weighted by Gasteiger charge is 2.16. The van der Waals surface area contributed by atoms with E-state index in [1.54, 1.807) is 0 Å². The van der Waals surface area contributed by atoms with Gasteiger partial charge in [0.05, 0.1) is 12.9 Å². The van der Waals surface area contributed by atoms with E-state index in [1.165, 1.54) is 6.33 Å². The molecule has 160 valence electrons. The van der Waals surface area contributed by atoms with Crippen molar-refractivity contribution in [2.45, 2.75) is 13.5 Å². The van der Waals surface area contributed by atoms with Gasteiger partial charge in [-0.1, -0.05) is 66.2 Å². The van der Waals surface area contributed by atoms with Crippen LogP contribution in [0.15, 0.2) is 96.2 Å². The van der Waals surface area contributed by atoms with Gasteiger partial charge in [-0.05, 0) is 36.8 Å². The number of nitrogens with zero attached hydrogens (tertiary/aromatic N) is 2. The maximum atomic E-state index is 12.8. The molecule has 0 radical (unpaired) electrons. The second-order valence-corrected chi connectivity index (χ2v) is 7.21. The van der Waals surface area contributed by atoms with E-state index in [2.05, 4.69) is 30.9 Å². The summed E-state index contributed by atoms with van der Waals surface area (Å²) in [4.78, 5) is 24.7. The van der Waals surface area contributed by atoms with Crippen molar-refractivity contribution >= 4 is 29.1 Å². The molecule has 7 nitrogen and oxygen atoms in total. The highest BCUT2D eigenvalue weighted by Crippen LogP contribution is 2.15. The largest absolute Gasteiger partial charge is 0.339 e. The highest BCUT2D eigenvalue weighted by atomic mass is 16.1. The van der Waals surface area contributed by atoms with Crippen LogP contribution in [-0.4, -0.2) is 21.8 Å². The lowest BCUT2D eigenvalue weighted by molar-refractivity contribution is 0.102. The second-order valence-electron chi connectivity index (χ2n) is 7.21. The zero-order chi connectivity index (χ0) is 22.2.